The number of rotatable bonds is 6. The van der Waals surface area contributed by atoms with E-state index >= 15 is 0 Å². The van der Waals surface area contributed by atoms with E-state index in [-0.39, 0.29) is 0 Å². The van der Waals surface area contributed by atoms with Crippen molar-refractivity contribution in [3.63, 3.8) is 0 Å². The van der Waals surface area contributed by atoms with Crippen molar-refractivity contribution in [1.29, 1.82) is 0 Å². The van der Waals surface area contributed by atoms with E-state index in [1.807, 2.05) is 0 Å². The third-order valence-electron chi connectivity index (χ3n) is 4.30. The predicted octanol–water partition coefficient (Wildman–Crippen LogP) is 5.83. The van der Waals surface area contributed by atoms with Crippen LogP contribution in [0.3, 0.4) is 0 Å². The average molecular weight is 224 g/mol. The van der Waals surface area contributed by atoms with E-state index in [4.69, 9.17) is 0 Å². The van der Waals surface area contributed by atoms with Crippen molar-refractivity contribution in [2.45, 2.75) is 74.1 Å². The maximum absolute atomic E-state index is 4.19. The first-order valence-corrected chi connectivity index (χ1v) is 6.79. The van der Waals surface area contributed by atoms with Crippen LogP contribution >= 0.6 is 0 Å². The lowest BCUT2D eigenvalue weighted by atomic mass is 9.75. The van der Waals surface area contributed by atoms with Gasteiger partial charge in [0.25, 0.3) is 0 Å². The fraction of sp³-hybridized carbons (Fsp3) is 0.875. The van der Waals surface area contributed by atoms with Gasteiger partial charge in [0.05, 0.1) is 0 Å². The topological polar surface area (TPSA) is 0 Å². The van der Waals surface area contributed by atoms with E-state index in [1.165, 1.54) is 24.8 Å². The standard InChI is InChI=1S/C16H32/c1-9-13(2)16(7,8)12-10-11-14(3)15(4,5)6/h14H,2,9-12H2,1,3-8H3. The Hall–Kier alpha value is -0.260. The Kier molecular flexibility index (Phi) is 5.79. The summed E-state index contributed by atoms with van der Waals surface area (Å²) in [5.41, 5.74) is 2.18. The van der Waals surface area contributed by atoms with Gasteiger partial charge in [0.1, 0.15) is 0 Å². The van der Waals surface area contributed by atoms with Crippen LogP contribution in [-0.2, 0) is 0 Å². The molecular weight excluding hydrogens is 192 g/mol. The summed E-state index contributed by atoms with van der Waals surface area (Å²) in [6.45, 7) is 20.5. The molecule has 0 heterocycles. The molecule has 0 saturated heterocycles. The fourth-order valence-electron chi connectivity index (χ4n) is 1.94. The minimum Gasteiger partial charge on any atom is -0.0993 e. The molecule has 0 amide bonds. The number of hydrogen-bond donors (Lipinski definition) is 0. The zero-order valence-corrected chi connectivity index (χ0v) is 12.6. The lowest BCUT2D eigenvalue weighted by Gasteiger charge is -2.30. The van der Waals surface area contributed by atoms with Gasteiger partial charge < -0.3 is 0 Å². The highest BCUT2D eigenvalue weighted by molar-refractivity contribution is 5.05. The molecule has 1 unspecified atom stereocenters. The van der Waals surface area contributed by atoms with E-state index in [2.05, 4.69) is 55.0 Å². The van der Waals surface area contributed by atoms with Crippen molar-refractivity contribution in [2.24, 2.45) is 16.7 Å². The molecule has 0 aromatic rings. The molecule has 16 heavy (non-hydrogen) atoms. The molecule has 0 rings (SSSR count). The van der Waals surface area contributed by atoms with Crippen LogP contribution in [0.1, 0.15) is 74.1 Å². The summed E-state index contributed by atoms with van der Waals surface area (Å²) in [5.74, 6) is 0.804. The second kappa shape index (κ2) is 5.89. The zero-order chi connectivity index (χ0) is 13.0. The van der Waals surface area contributed by atoms with Gasteiger partial charge in [0.15, 0.2) is 0 Å². The molecule has 0 N–H and O–H groups in total. The Morgan fingerprint density at radius 2 is 1.62 bits per heavy atom. The molecule has 0 radical (unpaired) electrons. The third-order valence-corrected chi connectivity index (χ3v) is 4.30. The Balaban J connectivity index is 4.04. The molecule has 0 aromatic carbocycles. The van der Waals surface area contributed by atoms with Crippen LogP contribution in [0.4, 0.5) is 0 Å². The van der Waals surface area contributed by atoms with E-state index in [0.29, 0.717) is 10.8 Å². The summed E-state index contributed by atoms with van der Waals surface area (Å²) >= 11 is 0. The first kappa shape index (κ1) is 15.7. The summed E-state index contributed by atoms with van der Waals surface area (Å²) in [5, 5.41) is 0. The van der Waals surface area contributed by atoms with Crippen molar-refractivity contribution in [3.8, 4) is 0 Å². The number of allylic oxidation sites excluding steroid dienone is 1. The van der Waals surface area contributed by atoms with Crippen molar-refractivity contribution in [2.75, 3.05) is 0 Å². The van der Waals surface area contributed by atoms with Crippen molar-refractivity contribution < 1.29 is 0 Å². The molecule has 0 aromatic heterocycles. The molecule has 0 nitrogen and oxygen atoms in total. The van der Waals surface area contributed by atoms with Gasteiger partial charge >= 0.3 is 0 Å². The highest BCUT2D eigenvalue weighted by Gasteiger charge is 2.23. The fourth-order valence-corrected chi connectivity index (χ4v) is 1.94. The van der Waals surface area contributed by atoms with Gasteiger partial charge in [-0.15, -0.1) is 0 Å². The quantitative estimate of drug-likeness (QED) is 0.498. The van der Waals surface area contributed by atoms with Crippen LogP contribution in [0.5, 0.6) is 0 Å². The molecule has 1 atom stereocenters. The van der Waals surface area contributed by atoms with Crippen LogP contribution in [0.25, 0.3) is 0 Å². The molecule has 0 bridgehead atoms. The second-order valence-electron chi connectivity index (χ2n) is 7.00. The largest absolute Gasteiger partial charge is 0.0993 e. The molecule has 0 saturated carbocycles. The Labute approximate surface area is 104 Å². The van der Waals surface area contributed by atoms with E-state index in [0.717, 1.165) is 12.3 Å². The lowest BCUT2D eigenvalue weighted by molar-refractivity contribution is 0.231. The van der Waals surface area contributed by atoms with Crippen LogP contribution in [0, 0.1) is 16.7 Å². The second-order valence-corrected chi connectivity index (χ2v) is 7.00. The van der Waals surface area contributed by atoms with E-state index in [1.54, 1.807) is 0 Å². The summed E-state index contributed by atoms with van der Waals surface area (Å²) in [7, 11) is 0. The molecule has 96 valence electrons. The minimum absolute atomic E-state index is 0.326. The van der Waals surface area contributed by atoms with E-state index in [9.17, 15) is 0 Å². The first-order chi connectivity index (χ1) is 7.11. The van der Waals surface area contributed by atoms with Crippen molar-refractivity contribution >= 4 is 0 Å². The Bertz CT molecular complexity index is 215. The van der Waals surface area contributed by atoms with Crippen molar-refractivity contribution in [1.82, 2.24) is 0 Å². The molecule has 0 aliphatic carbocycles. The maximum Gasteiger partial charge on any atom is -0.0147 e. The van der Waals surface area contributed by atoms with Gasteiger partial charge in [0, 0.05) is 0 Å². The van der Waals surface area contributed by atoms with Gasteiger partial charge in [-0.2, -0.15) is 0 Å². The summed E-state index contributed by atoms with van der Waals surface area (Å²) < 4.78 is 0. The Morgan fingerprint density at radius 3 is 2.00 bits per heavy atom. The zero-order valence-electron chi connectivity index (χ0n) is 12.6. The molecule has 0 spiro atoms. The average Bonchev–Trinajstić information content (AvgIpc) is 2.14. The molecule has 0 aliphatic heterocycles. The minimum atomic E-state index is 0.326. The lowest BCUT2D eigenvalue weighted by Crippen LogP contribution is -2.19. The third kappa shape index (κ3) is 5.18. The summed E-state index contributed by atoms with van der Waals surface area (Å²) in [6, 6.07) is 0. The van der Waals surface area contributed by atoms with Gasteiger partial charge in [-0.3, -0.25) is 0 Å². The number of hydrogen-bond acceptors (Lipinski definition) is 0. The maximum atomic E-state index is 4.19. The van der Waals surface area contributed by atoms with E-state index < -0.39 is 0 Å². The van der Waals surface area contributed by atoms with Gasteiger partial charge in [-0.25, -0.2) is 0 Å². The summed E-state index contributed by atoms with van der Waals surface area (Å²) in [4.78, 5) is 0. The predicted molar refractivity (Wildman–Crippen MR) is 75.7 cm³/mol. The Morgan fingerprint density at radius 1 is 1.12 bits per heavy atom. The van der Waals surface area contributed by atoms with Crippen LogP contribution in [-0.4, -0.2) is 0 Å². The highest BCUT2D eigenvalue weighted by atomic mass is 14.3. The van der Waals surface area contributed by atoms with Gasteiger partial charge in [-0.05, 0) is 29.6 Å². The molecule has 0 fully saturated rings. The van der Waals surface area contributed by atoms with Crippen LogP contribution in [0.2, 0.25) is 0 Å². The highest BCUT2D eigenvalue weighted by Crippen LogP contribution is 2.35. The monoisotopic (exact) mass is 224 g/mol. The van der Waals surface area contributed by atoms with Crippen molar-refractivity contribution in [3.05, 3.63) is 12.2 Å². The van der Waals surface area contributed by atoms with Crippen LogP contribution in [0.15, 0.2) is 12.2 Å². The SMILES string of the molecule is C=C(CC)C(C)(C)CCCC(C)C(C)(C)C. The first-order valence-electron chi connectivity index (χ1n) is 6.79. The normalized spacial score (nSPS) is 14.9. The molecule has 0 aliphatic rings. The van der Waals surface area contributed by atoms with Crippen LogP contribution < -0.4 is 0 Å². The summed E-state index contributed by atoms with van der Waals surface area (Å²) in [6.07, 6.45) is 5.05. The van der Waals surface area contributed by atoms with Gasteiger partial charge in [-0.1, -0.05) is 73.5 Å². The molecule has 0 heteroatoms. The van der Waals surface area contributed by atoms with Gasteiger partial charge in [0.2, 0.25) is 0 Å². The molecular formula is C16H32. The smallest absolute Gasteiger partial charge is 0.0147 e.